The van der Waals surface area contributed by atoms with Crippen LogP contribution in [0.15, 0.2) is 28.7 Å². The molecule has 0 spiro atoms. The first-order valence-corrected chi connectivity index (χ1v) is 8.34. The molecule has 20 heavy (non-hydrogen) atoms. The maximum Gasteiger partial charge on any atom is 0.224 e. The standard InChI is InChI=1S/C16H23BrN2O/c1-2-9-19-10-7-15(8-11-19)18-16(20)12-13-3-5-14(17)6-4-13/h3-6,15H,2,7-12H2,1H3,(H,18,20)/p+1. The molecule has 0 atom stereocenters. The maximum absolute atomic E-state index is 12.0. The molecule has 0 aromatic heterocycles. The highest BCUT2D eigenvalue weighted by molar-refractivity contribution is 9.10. The van der Waals surface area contributed by atoms with E-state index in [0.717, 1.165) is 22.9 Å². The second-order valence-corrected chi connectivity index (χ2v) is 6.56. The van der Waals surface area contributed by atoms with Crippen molar-refractivity contribution in [3.8, 4) is 0 Å². The van der Waals surface area contributed by atoms with Crippen LogP contribution in [0.2, 0.25) is 0 Å². The summed E-state index contributed by atoms with van der Waals surface area (Å²) >= 11 is 3.41. The largest absolute Gasteiger partial charge is 0.353 e. The molecule has 1 amide bonds. The van der Waals surface area contributed by atoms with E-state index in [1.54, 1.807) is 4.90 Å². The highest BCUT2D eigenvalue weighted by Gasteiger charge is 2.22. The van der Waals surface area contributed by atoms with E-state index in [0.29, 0.717) is 12.5 Å². The monoisotopic (exact) mass is 339 g/mol. The Morgan fingerprint density at radius 2 is 1.95 bits per heavy atom. The molecule has 2 N–H and O–H groups in total. The summed E-state index contributed by atoms with van der Waals surface area (Å²) in [5.41, 5.74) is 1.07. The maximum atomic E-state index is 12.0. The molecule has 4 heteroatoms. The Hall–Kier alpha value is -0.870. The number of quaternary nitrogens is 1. The summed E-state index contributed by atoms with van der Waals surface area (Å²) in [6, 6.07) is 8.33. The summed E-state index contributed by atoms with van der Waals surface area (Å²) in [5, 5.41) is 3.18. The van der Waals surface area contributed by atoms with Gasteiger partial charge in [-0.3, -0.25) is 4.79 Å². The van der Waals surface area contributed by atoms with Crippen LogP contribution in [0.4, 0.5) is 0 Å². The third kappa shape index (κ3) is 4.91. The minimum atomic E-state index is 0.149. The second kappa shape index (κ2) is 7.79. The summed E-state index contributed by atoms with van der Waals surface area (Å²) < 4.78 is 1.05. The Morgan fingerprint density at radius 1 is 1.30 bits per heavy atom. The van der Waals surface area contributed by atoms with Gasteiger partial charge in [0, 0.05) is 23.4 Å². The van der Waals surface area contributed by atoms with Gasteiger partial charge in [-0.2, -0.15) is 0 Å². The van der Waals surface area contributed by atoms with Gasteiger partial charge >= 0.3 is 0 Å². The van der Waals surface area contributed by atoms with Crippen molar-refractivity contribution < 1.29 is 9.69 Å². The zero-order valence-electron chi connectivity index (χ0n) is 12.1. The van der Waals surface area contributed by atoms with E-state index >= 15 is 0 Å². The molecule has 1 saturated heterocycles. The number of likely N-dealkylation sites (tertiary alicyclic amines) is 1. The molecular formula is C16H24BrN2O+. The molecule has 1 fully saturated rings. The lowest BCUT2D eigenvalue weighted by Crippen LogP contribution is -3.13. The predicted molar refractivity (Wildman–Crippen MR) is 84.9 cm³/mol. The molecule has 0 saturated carbocycles. The molecule has 0 radical (unpaired) electrons. The first kappa shape index (κ1) is 15.5. The van der Waals surface area contributed by atoms with E-state index in [-0.39, 0.29) is 5.91 Å². The zero-order valence-corrected chi connectivity index (χ0v) is 13.7. The number of halogens is 1. The van der Waals surface area contributed by atoms with E-state index in [1.165, 1.54) is 26.1 Å². The quantitative estimate of drug-likeness (QED) is 0.838. The third-order valence-corrected chi connectivity index (χ3v) is 4.47. The van der Waals surface area contributed by atoms with E-state index in [4.69, 9.17) is 0 Å². The van der Waals surface area contributed by atoms with Crippen molar-refractivity contribution in [1.82, 2.24) is 5.32 Å². The fourth-order valence-electron chi connectivity index (χ4n) is 2.84. The zero-order chi connectivity index (χ0) is 14.4. The highest BCUT2D eigenvalue weighted by atomic mass is 79.9. The van der Waals surface area contributed by atoms with Crippen molar-refractivity contribution in [3.05, 3.63) is 34.3 Å². The summed E-state index contributed by atoms with van der Waals surface area (Å²) in [7, 11) is 0. The summed E-state index contributed by atoms with van der Waals surface area (Å²) in [6.07, 6.45) is 3.95. The third-order valence-electron chi connectivity index (χ3n) is 3.94. The minimum absolute atomic E-state index is 0.149. The van der Waals surface area contributed by atoms with Crippen molar-refractivity contribution in [2.75, 3.05) is 19.6 Å². The van der Waals surface area contributed by atoms with Gasteiger partial charge in [-0.15, -0.1) is 0 Å². The lowest BCUT2D eigenvalue weighted by molar-refractivity contribution is -0.905. The van der Waals surface area contributed by atoms with E-state index < -0.39 is 0 Å². The average molecular weight is 340 g/mol. The molecule has 110 valence electrons. The van der Waals surface area contributed by atoms with E-state index in [2.05, 4.69) is 28.2 Å². The van der Waals surface area contributed by atoms with E-state index in [9.17, 15) is 4.79 Å². The van der Waals surface area contributed by atoms with Gasteiger partial charge in [0.15, 0.2) is 0 Å². The van der Waals surface area contributed by atoms with Crippen LogP contribution in [-0.4, -0.2) is 31.6 Å². The molecule has 1 aromatic carbocycles. The molecule has 1 aromatic rings. The van der Waals surface area contributed by atoms with Gasteiger partial charge in [0.2, 0.25) is 5.91 Å². The molecule has 0 unspecified atom stereocenters. The smallest absolute Gasteiger partial charge is 0.224 e. The van der Waals surface area contributed by atoms with Crippen molar-refractivity contribution in [2.45, 2.75) is 38.6 Å². The van der Waals surface area contributed by atoms with Crippen LogP contribution in [-0.2, 0) is 11.2 Å². The SMILES string of the molecule is CCC[NH+]1CCC(NC(=O)Cc2ccc(Br)cc2)CC1. The van der Waals surface area contributed by atoms with Crippen molar-refractivity contribution in [1.29, 1.82) is 0 Å². The summed E-state index contributed by atoms with van der Waals surface area (Å²) in [6.45, 7) is 5.88. The number of hydrogen-bond acceptors (Lipinski definition) is 1. The Bertz CT molecular complexity index is 425. The number of amides is 1. The Morgan fingerprint density at radius 3 is 2.55 bits per heavy atom. The minimum Gasteiger partial charge on any atom is -0.353 e. The number of carbonyl (C=O) groups is 1. The van der Waals surface area contributed by atoms with Crippen molar-refractivity contribution >= 4 is 21.8 Å². The Balaban J connectivity index is 1.74. The number of hydrogen-bond donors (Lipinski definition) is 2. The molecular weight excluding hydrogens is 316 g/mol. The van der Waals surface area contributed by atoms with Gasteiger partial charge in [-0.05, 0) is 24.1 Å². The molecule has 1 aliphatic heterocycles. The number of carbonyl (C=O) groups excluding carboxylic acids is 1. The van der Waals surface area contributed by atoms with Gasteiger partial charge < -0.3 is 10.2 Å². The lowest BCUT2D eigenvalue weighted by Gasteiger charge is -2.29. The topological polar surface area (TPSA) is 33.5 Å². The van der Waals surface area contributed by atoms with Crippen LogP contribution in [0.1, 0.15) is 31.7 Å². The molecule has 3 nitrogen and oxygen atoms in total. The summed E-state index contributed by atoms with van der Waals surface area (Å²) in [4.78, 5) is 13.7. The van der Waals surface area contributed by atoms with Gasteiger partial charge in [0.1, 0.15) is 0 Å². The van der Waals surface area contributed by atoms with Gasteiger partial charge in [0.25, 0.3) is 0 Å². The average Bonchev–Trinajstić information content (AvgIpc) is 2.44. The lowest BCUT2D eigenvalue weighted by atomic mass is 10.0. The van der Waals surface area contributed by atoms with E-state index in [1.807, 2.05) is 24.3 Å². The van der Waals surface area contributed by atoms with Crippen LogP contribution >= 0.6 is 15.9 Å². The molecule has 2 rings (SSSR count). The van der Waals surface area contributed by atoms with Gasteiger partial charge in [-0.1, -0.05) is 35.0 Å². The van der Waals surface area contributed by atoms with Crippen molar-refractivity contribution in [3.63, 3.8) is 0 Å². The van der Waals surface area contributed by atoms with Crippen LogP contribution in [0, 0.1) is 0 Å². The fourth-order valence-corrected chi connectivity index (χ4v) is 3.10. The normalized spacial score (nSPS) is 22.5. The molecule has 0 bridgehead atoms. The summed E-state index contributed by atoms with van der Waals surface area (Å²) in [5.74, 6) is 0.149. The first-order valence-electron chi connectivity index (χ1n) is 7.54. The van der Waals surface area contributed by atoms with Crippen LogP contribution in [0.25, 0.3) is 0 Å². The first-order chi connectivity index (χ1) is 9.67. The number of nitrogens with one attached hydrogen (secondary N) is 2. The van der Waals surface area contributed by atoms with Crippen LogP contribution in [0.3, 0.4) is 0 Å². The Labute approximate surface area is 129 Å². The second-order valence-electron chi connectivity index (χ2n) is 5.65. The fraction of sp³-hybridized carbons (Fsp3) is 0.562. The molecule has 1 heterocycles. The highest BCUT2D eigenvalue weighted by Crippen LogP contribution is 2.11. The Kier molecular flexibility index (Phi) is 6.05. The number of piperidine rings is 1. The number of rotatable bonds is 5. The molecule has 0 aliphatic carbocycles. The van der Waals surface area contributed by atoms with Crippen LogP contribution < -0.4 is 10.2 Å². The van der Waals surface area contributed by atoms with Crippen LogP contribution in [0.5, 0.6) is 0 Å². The predicted octanol–water partition coefficient (Wildman–Crippen LogP) is 1.57. The van der Waals surface area contributed by atoms with Crippen molar-refractivity contribution in [2.24, 2.45) is 0 Å². The van der Waals surface area contributed by atoms with Gasteiger partial charge in [0.05, 0.1) is 26.1 Å². The van der Waals surface area contributed by atoms with Gasteiger partial charge in [-0.25, -0.2) is 0 Å². The number of benzene rings is 1. The molecule has 1 aliphatic rings.